The van der Waals surface area contributed by atoms with E-state index in [2.05, 4.69) is 53.6 Å². The van der Waals surface area contributed by atoms with Crippen LogP contribution in [0.4, 0.5) is 0 Å². The second-order valence-corrected chi connectivity index (χ2v) is 10.2. The molecule has 0 fully saturated rings. The van der Waals surface area contributed by atoms with Gasteiger partial charge in [-0.3, -0.25) is 4.28 Å². The molecule has 166 valence electrons. The van der Waals surface area contributed by atoms with Crippen LogP contribution >= 0.6 is 0 Å². The molecular weight excluding hydrogens is 418 g/mol. The normalized spacial score (nSPS) is 11.7. The van der Waals surface area contributed by atoms with Gasteiger partial charge in [0.05, 0.1) is 5.71 Å². The lowest BCUT2D eigenvalue weighted by Crippen LogP contribution is -2.14. The number of oxime groups is 1. The van der Waals surface area contributed by atoms with E-state index in [0.717, 1.165) is 0 Å². The zero-order chi connectivity index (χ0) is 22.2. The summed E-state index contributed by atoms with van der Waals surface area (Å²) in [5.41, 5.74) is 2.54. The molecule has 0 aliphatic carbocycles. The molecule has 2 aromatic carbocycles. The average molecular weight is 452 g/mol. The molecule has 30 heavy (non-hydrogen) atoms. The minimum absolute atomic E-state index is 0.324. The van der Waals surface area contributed by atoms with E-state index in [1.165, 1.54) is 48.5 Å². The van der Waals surface area contributed by atoms with E-state index >= 15 is 0 Å². The van der Waals surface area contributed by atoms with Gasteiger partial charge < -0.3 is 4.55 Å². The van der Waals surface area contributed by atoms with E-state index in [1.807, 2.05) is 6.07 Å². The maximum atomic E-state index is 10.1. The largest absolute Gasteiger partial charge is 0.714 e. The predicted molar refractivity (Wildman–Crippen MR) is 126 cm³/mol. The van der Waals surface area contributed by atoms with Gasteiger partial charge in [0.25, 0.3) is 10.4 Å². The summed E-state index contributed by atoms with van der Waals surface area (Å²) >= 11 is 0. The highest BCUT2D eigenvalue weighted by atomic mass is 32.3. The minimum Gasteiger partial charge on any atom is -0.714 e. The zero-order valence-electron chi connectivity index (χ0n) is 18.1. The van der Waals surface area contributed by atoms with Crippen molar-refractivity contribution < 1.29 is 17.3 Å². The van der Waals surface area contributed by atoms with Crippen molar-refractivity contribution in [1.29, 1.82) is 0 Å². The molecule has 2 rings (SSSR count). The third kappa shape index (κ3) is 12.7. The second kappa shape index (κ2) is 15.0. The van der Waals surface area contributed by atoms with Crippen LogP contribution in [0.1, 0.15) is 57.6 Å². The minimum atomic E-state index is -4.76. The number of nitrogens with zero attached hydrogens (tertiary/aromatic N) is 1. The van der Waals surface area contributed by atoms with Gasteiger partial charge in [-0.15, -0.1) is 0 Å². The summed E-state index contributed by atoms with van der Waals surface area (Å²) in [7, 11) is -4.14. The first kappa shape index (κ1) is 26.2. The van der Waals surface area contributed by atoms with E-state index in [1.54, 1.807) is 31.2 Å². The quantitative estimate of drug-likeness (QED) is 0.153. The summed E-state index contributed by atoms with van der Waals surface area (Å²) in [5, 5.41) is 3.18. The van der Waals surface area contributed by atoms with Crippen LogP contribution in [0.5, 0.6) is 0 Å². The van der Waals surface area contributed by atoms with Crippen molar-refractivity contribution in [3.8, 4) is 0 Å². The van der Waals surface area contributed by atoms with Gasteiger partial charge in [0.15, 0.2) is 0 Å². The molecule has 0 unspecified atom stereocenters. The van der Waals surface area contributed by atoms with E-state index in [-0.39, 0.29) is 0 Å². The maximum absolute atomic E-state index is 10.1. The summed E-state index contributed by atoms with van der Waals surface area (Å²) in [6.45, 7) is 6.13. The number of hydrogen-bond acceptors (Lipinski definition) is 5. The molecular formula is C23H33NO4S2. The summed E-state index contributed by atoms with van der Waals surface area (Å²) in [4.78, 5) is 0. The van der Waals surface area contributed by atoms with Crippen molar-refractivity contribution in [3.05, 3.63) is 71.8 Å². The SMILES string of the molecule is C/C(=N\OS(=O)(=O)[O-])c1ccccc1.CCCC[S+](CCCC)Cc1ccccc1. The van der Waals surface area contributed by atoms with Crippen LogP contribution in [0.3, 0.4) is 0 Å². The average Bonchev–Trinajstić information content (AvgIpc) is 2.75. The van der Waals surface area contributed by atoms with Crippen molar-refractivity contribution in [2.24, 2.45) is 5.16 Å². The lowest BCUT2D eigenvalue weighted by molar-refractivity contribution is 0.274. The Balaban J connectivity index is 0.000000303. The third-order valence-electron chi connectivity index (χ3n) is 4.24. The molecule has 0 aliphatic rings. The molecule has 0 aliphatic heterocycles. The van der Waals surface area contributed by atoms with Crippen molar-refractivity contribution in [1.82, 2.24) is 0 Å². The van der Waals surface area contributed by atoms with Gasteiger partial charge in [0, 0.05) is 5.56 Å². The summed E-state index contributed by atoms with van der Waals surface area (Å²) < 4.78 is 34.0. The van der Waals surface area contributed by atoms with Gasteiger partial charge in [-0.25, -0.2) is 0 Å². The highest BCUT2D eigenvalue weighted by Crippen LogP contribution is 2.13. The van der Waals surface area contributed by atoms with E-state index in [4.69, 9.17) is 0 Å². The first-order valence-corrected chi connectivity index (χ1v) is 13.3. The Kier molecular flexibility index (Phi) is 13.1. The Morgan fingerprint density at radius 2 is 1.43 bits per heavy atom. The molecule has 0 aromatic heterocycles. The van der Waals surface area contributed by atoms with Crippen molar-refractivity contribution in [2.45, 2.75) is 52.2 Å². The zero-order valence-corrected chi connectivity index (χ0v) is 19.8. The monoisotopic (exact) mass is 451 g/mol. The Labute approximate surface area is 184 Å². The van der Waals surface area contributed by atoms with E-state index < -0.39 is 10.4 Å². The number of hydrogen-bond donors (Lipinski definition) is 0. The lowest BCUT2D eigenvalue weighted by atomic mass is 10.1. The van der Waals surface area contributed by atoms with Gasteiger partial charge in [-0.2, -0.15) is 8.42 Å². The Morgan fingerprint density at radius 3 is 1.90 bits per heavy atom. The fraction of sp³-hybridized carbons (Fsp3) is 0.435. The smallest absolute Gasteiger partial charge is 0.284 e. The molecule has 0 spiro atoms. The fourth-order valence-electron chi connectivity index (χ4n) is 2.59. The van der Waals surface area contributed by atoms with E-state index in [9.17, 15) is 13.0 Å². The Morgan fingerprint density at radius 1 is 0.933 bits per heavy atom. The summed E-state index contributed by atoms with van der Waals surface area (Å²) in [6, 6.07) is 19.8. The first-order valence-electron chi connectivity index (χ1n) is 10.3. The topological polar surface area (TPSA) is 78.8 Å². The number of benzene rings is 2. The number of unbranched alkanes of at least 4 members (excludes halogenated alkanes) is 2. The van der Waals surface area contributed by atoms with Gasteiger partial charge in [-0.1, -0.05) is 92.5 Å². The molecule has 0 atom stereocenters. The molecule has 0 radical (unpaired) electrons. The Hall–Kier alpha value is -1.83. The summed E-state index contributed by atoms with van der Waals surface area (Å²) in [6.07, 6.45) is 5.48. The van der Waals surface area contributed by atoms with E-state index in [0.29, 0.717) is 22.2 Å². The van der Waals surface area contributed by atoms with Crippen LogP contribution in [0.2, 0.25) is 0 Å². The standard InChI is InChI=1S/C15H25S.C8H9NO4S/c1-3-5-12-16(13-6-4-2)14-15-10-8-7-9-11-15;1-7(9-13-14(10,11)12)8-5-3-2-4-6-8/h7-11H,3-6,12-14H2,1-2H3;2-6H,1H3,(H,10,11,12)/q+1;/p-1/b;9-7+. The number of rotatable bonds is 11. The first-order chi connectivity index (χ1) is 14.4. The van der Waals surface area contributed by atoms with Crippen molar-refractivity contribution in [2.75, 3.05) is 11.5 Å². The van der Waals surface area contributed by atoms with Crippen LogP contribution in [-0.2, 0) is 31.3 Å². The molecule has 2 aromatic rings. The van der Waals surface area contributed by atoms with Gasteiger partial charge in [0.2, 0.25) is 0 Å². The highest BCUT2D eigenvalue weighted by molar-refractivity contribution is 7.96. The second-order valence-electron chi connectivity index (χ2n) is 6.88. The predicted octanol–water partition coefficient (Wildman–Crippen LogP) is 5.29. The lowest BCUT2D eigenvalue weighted by Gasteiger charge is -2.08. The molecule has 0 amide bonds. The third-order valence-corrected chi connectivity index (χ3v) is 6.97. The van der Waals surface area contributed by atoms with Crippen LogP contribution in [0.25, 0.3) is 0 Å². The highest BCUT2D eigenvalue weighted by Gasteiger charge is 2.17. The van der Waals surface area contributed by atoms with Gasteiger partial charge in [-0.05, 0) is 36.2 Å². The van der Waals surface area contributed by atoms with Crippen LogP contribution in [0, 0.1) is 0 Å². The molecule has 0 saturated carbocycles. The maximum Gasteiger partial charge on any atom is 0.284 e. The Bertz CT molecular complexity index is 817. The van der Waals surface area contributed by atoms with Crippen LogP contribution in [-0.4, -0.2) is 30.2 Å². The van der Waals surface area contributed by atoms with Gasteiger partial charge in [0.1, 0.15) is 17.3 Å². The van der Waals surface area contributed by atoms with Gasteiger partial charge >= 0.3 is 0 Å². The van der Waals surface area contributed by atoms with Crippen molar-refractivity contribution >= 4 is 27.0 Å². The summed E-state index contributed by atoms with van der Waals surface area (Å²) in [5.74, 6) is 4.18. The molecule has 0 heterocycles. The van der Waals surface area contributed by atoms with Crippen LogP contribution in [0.15, 0.2) is 65.8 Å². The fourth-order valence-corrected chi connectivity index (χ4v) is 5.34. The van der Waals surface area contributed by atoms with Crippen LogP contribution < -0.4 is 0 Å². The molecule has 0 bridgehead atoms. The molecule has 0 saturated heterocycles. The molecule has 7 heteroatoms. The van der Waals surface area contributed by atoms with Crippen molar-refractivity contribution in [3.63, 3.8) is 0 Å². The molecule has 0 N–H and O–H groups in total. The molecule has 5 nitrogen and oxygen atoms in total.